The van der Waals surface area contributed by atoms with E-state index in [2.05, 4.69) is 22.8 Å². The van der Waals surface area contributed by atoms with E-state index in [4.69, 9.17) is 9.73 Å². The van der Waals surface area contributed by atoms with Crippen LogP contribution in [0.25, 0.3) is 0 Å². The van der Waals surface area contributed by atoms with Crippen LogP contribution in [0.5, 0.6) is 0 Å². The predicted molar refractivity (Wildman–Crippen MR) is 116 cm³/mol. The summed E-state index contributed by atoms with van der Waals surface area (Å²) in [5.41, 5.74) is 0.497. The van der Waals surface area contributed by atoms with Crippen molar-refractivity contribution in [2.45, 2.75) is 63.1 Å². The van der Waals surface area contributed by atoms with Gasteiger partial charge < -0.3 is 20.5 Å². The molecule has 1 aromatic carbocycles. The number of aliphatic imine (C=N–C) groups is 1. The summed E-state index contributed by atoms with van der Waals surface area (Å²) in [6.07, 6.45) is 7.65. The molecule has 26 heavy (non-hydrogen) atoms. The van der Waals surface area contributed by atoms with Crippen molar-refractivity contribution in [1.82, 2.24) is 10.6 Å². The lowest BCUT2D eigenvalue weighted by Gasteiger charge is -2.33. The third-order valence-electron chi connectivity index (χ3n) is 5.22. The monoisotopic (exact) mass is 473 g/mol. The second-order valence-corrected chi connectivity index (χ2v) is 7.32. The van der Waals surface area contributed by atoms with Crippen molar-refractivity contribution >= 4 is 29.9 Å². The van der Waals surface area contributed by atoms with Gasteiger partial charge in [0.15, 0.2) is 5.96 Å². The SMILES string of the molecule is I.OC1(CNC(=NCc2ccccc2)NC2CCCCC2)CCOCC1. The molecule has 0 amide bonds. The van der Waals surface area contributed by atoms with E-state index in [0.717, 1.165) is 5.96 Å². The number of hydrogen-bond donors (Lipinski definition) is 3. The third-order valence-corrected chi connectivity index (χ3v) is 5.22. The first-order valence-electron chi connectivity index (χ1n) is 9.62. The molecule has 3 rings (SSSR count). The largest absolute Gasteiger partial charge is 0.388 e. The number of aliphatic hydroxyl groups is 1. The average molecular weight is 473 g/mol. The standard InChI is InChI=1S/C20H31N3O2.HI/c24-20(11-13-25-14-12-20)16-22-19(23-18-9-5-2-6-10-18)21-15-17-7-3-1-4-8-17;/h1,3-4,7-8,18,24H,2,5-6,9-16H2,(H2,21,22,23);1H. The Morgan fingerprint density at radius 2 is 1.81 bits per heavy atom. The van der Waals surface area contributed by atoms with Gasteiger partial charge in [-0.05, 0) is 18.4 Å². The maximum atomic E-state index is 10.7. The molecule has 0 unspecified atom stereocenters. The number of guanidine groups is 1. The molecule has 3 N–H and O–H groups in total. The lowest BCUT2D eigenvalue weighted by Crippen LogP contribution is -2.51. The van der Waals surface area contributed by atoms with Crippen molar-refractivity contribution in [3.05, 3.63) is 35.9 Å². The second kappa shape index (κ2) is 11.1. The Bertz CT molecular complexity index is 541. The fourth-order valence-electron chi connectivity index (χ4n) is 3.52. The fraction of sp³-hybridized carbons (Fsp3) is 0.650. The van der Waals surface area contributed by atoms with Gasteiger partial charge in [0, 0.05) is 38.6 Å². The Balaban J connectivity index is 0.00000243. The Kier molecular flexibility index (Phi) is 9.15. The number of benzene rings is 1. The normalized spacial score (nSPS) is 20.9. The molecule has 0 atom stereocenters. The molecule has 2 fully saturated rings. The molecule has 1 saturated heterocycles. The van der Waals surface area contributed by atoms with Crippen LogP contribution in [0.2, 0.25) is 0 Å². The van der Waals surface area contributed by atoms with E-state index in [1.54, 1.807) is 0 Å². The summed E-state index contributed by atoms with van der Waals surface area (Å²) in [6.45, 7) is 2.42. The highest BCUT2D eigenvalue weighted by Crippen LogP contribution is 2.20. The maximum Gasteiger partial charge on any atom is 0.191 e. The first-order chi connectivity index (χ1) is 12.2. The molecule has 0 aromatic heterocycles. The van der Waals surface area contributed by atoms with Crippen LogP contribution < -0.4 is 10.6 Å². The smallest absolute Gasteiger partial charge is 0.191 e. The Labute approximate surface area is 174 Å². The molecule has 1 aliphatic carbocycles. The van der Waals surface area contributed by atoms with E-state index in [-0.39, 0.29) is 24.0 Å². The zero-order valence-electron chi connectivity index (χ0n) is 15.5. The van der Waals surface area contributed by atoms with Crippen LogP contribution >= 0.6 is 24.0 Å². The van der Waals surface area contributed by atoms with Gasteiger partial charge in [-0.3, -0.25) is 0 Å². The molecule has 0 spiro atoms. The van der Waals surface area contributed by atoms with Gasteiger partial charge in [0.1, 0.15) is 0 Å². The van der Waals surface area contributed by atoms with Crippen LogP contribution in [-0.2, 0) is 11.3 Å². The van der Waals surface area contributed by atoms with Crippen LogP contribution in [0.1, 0.15) is 50.5 Å². The van der Waals surface area contributed by atoms with Gasteiger partial charge in [-0.25, -0.2) is 4.99 Å². The van der Waals surface area contributed by atoms with Crippen LogP contribution in [0, 0.1) is 0 Å². The van der Waals surface area contributed by atoms with Gasteiger partial charge in [-0.15, -0.1) is 24.0 Å². The van der Waals surface area contributed by atoms with E-state index < -0.39 is 5.60 Å². The number of nitrogens with zero attached hydrogens (tertiary/aromatic N) is 1. The molecule has 1 aromatic rings. The summed E-state index contributed by atoms with van der Waals surface area (Å²) in [4.78, 5) is 4.76. The highest BCUT2D eigenvalue weighted by molar-refractivity contribution is 14.0. The summed E-state index contributed by atoms with van der Waals surface area (Å²) in [5.74, 6) is 0.815. The topological polar surface area (TPSA) is 65.9 Å². The minimum Gasteiger partial charge on any atom is -0.388 e. The average Bonchev–Trinajstić information content (AvgIpc) is 2.66. The lowest BCUT2D eigenvalue weighted by atomic mass is 9.94. The van der Waals surface area contributed by atoms with Crippen molar-refractivity contribution in [1.29, 1.82) is 0 Å². The molecule has 1 heterocycles. The van der Waals surface area contributed by atoms with Gasteiger partial charge in [0.2, 0.25) is 0 Å². The quantitative estimate of drug-likeness (QED) is 0.349. The second-order valence-electron chi connectivity index (χ2n) is 7.32. The van der Waals surface area contributed by atoms with Crippen molar-refractivity contribution in [2.24, 2.45) is 4.99 Å². The van der Waals surface area contributed by atoms with Gasteiger partial charge in [-0.2, -0.15) is 0 Å². The molecular weight excluding hydrogens is 441 g/mol. The minimum atomic E-state index is -0.694. The molecule has 0 bridgehead atoms. The van der Waals surface area contributed by atoms with Gasteiger partial charge in [-0.1, -0.05) is 49.6 Å². The van der Waals surface area contributed by atoms with Gasteiger partial charge in [0.25, 0.3) is 0 Å². The minimum absolute atomic E-state index is 0. The first-order valence-corrected chi connectivity index (χ1v) is 9.62. The summed E-state index contributed by atoms with van der Waals surface area (Å²) in [5, 5.41) is 17.6. The molecule has 6 heteroatoms. The number of hydrogen-bond acceptors (Lipinski definition) is 3. The van der Waals surface area contributed by atoms with Crippen molar-refractivity contribution in [3.8, 4) is 0 Å². The van der Waals surface area contributed by atoms with Gasteiger partial charge >= 0.3 is 0 Å². The van der Waals surface area contributed by atoms with E-state index in [9.17, 15) is 5.11 Å². The number of rotatable bonds is 5. The molecular formula is C20H32IN3O2. The van der Waals surface area contributed by atoms with Crippen LogP contribution in [0.3, 0.4) is 0 Å². The molecule has 1 saturated carbocycles. The Hall–Kier alpha value is -0.860. The van der Waals surface area contributed by atoms with Crippen molar-refractivity contribution < 1.29 is 9.84 Å². The van der Waals surface area contributed by atoms with Crippen molar-refractivity contribution in [2.75, 3.05) is 19.8 Å². The predicted octanol–water partition coefficient (Wildman–Crippen LogP) is 3.21. The zero-order valence-corrected chi connectivity index (χ0v) is 17.8. The number of halogens is 1. The van der Waals surface area contributed by atoms with Crippen LogP contribution in [-0.4, -0.2) is 42.5 Å². The molecule has 0 radical (unpaired) electrons. The number of nitrogens with one attached hydrogen (secondary N) is 2. The van der Waals surface area contributed by atoms with Crippen LogP contribution in [0.15, 0.2) is 35.3 Å². The van der Waals surface area contributed by atoms with E-state index in [1.807, 2.05) is 18.2 Å². The molecule has 146 valence electrons. The molecule has 1 aliphatic heterocycles. The summed E-state index contributed by atoms with van der Waals surface area (Å²) >= 11 is 0. The molecule has 2 aliphatic rings. The lowest BCUT2D eigenvalue weighted by molar-refractivity contribution is -0.0594. The van der Waals surface area contributed by atoms with Gasteiger partial charge in [0.05, 0.1) is 12.1 Å². The summed E-state index contributed by atoms with van der Waals surface area (Å²) in [7, 11) is 0. The van der Waals surface area contributed by atoms with Crippen LogP contribution in [0.4, 0.5) is 0 Å². The Morgan fingerprint density at radius 3 is 2.50 bits per heavy atom. The Morgan fingerprint density at radius 1 is 1.12 bits per heavy atom. The van der Waals surface area contributed by atoms with E-state index >= 15 is 0 Å². The summed E-state index contributed by atoms with van der Waals surface area (Å²) in [6, 6.07) is 10.8. The molecule has 5 nitrogen and oxygen atoms in total. The van der Waals surface area contributed by atoms with Crippen molar-refractivity contribution in [3.63, 3.8) is 0 Å². The fourth-order valence-corrected chi connectivity index (χ4v) is 3.52. The van der Waals surface area contributed by atoms with E-state index in [0.29, 0.717) is 45.2 Å². The third kappa shape index (κ3) is 7.04. The zero-order chi connectivity index (χ0) is 17.4. The highest BCUT2D eigenvalue weighted by Gasteiger charge is 2.30. The highest BCUT2D eigenvalue weighted by atomic mass is 127. The first kappa shape index (κ1) is 21.4. The maximum absolute atomic E-state index is 10.7. The number of ether oxygens (including phenoxy) is 1. The van der Waals surface area contributed by atoms with E-state index in [1.165, 1.54) is 37.7 Å². The summed E-state index contributed by atoms with van der Waals surface area (Å²) < 4.78 is 5.36.